The molecule has 5 unspecified atom stereocenters. The van der Waals surface area contributed by atoms with Gasteiger partial charge in [-0.15, -0.1) is 0 Å². The van der Waals surface area contributed by atoms with Crippen LogP contribution in [0.4, 0.5) is 0 Å². The molecule has 2 saturated carbocycles. The Labute approximate surface area is 171 Å². The lowest BCUT2D eigenvalue weighted by Crippen LogP contribution is -2.78. The van der Waals surface area contributed by atoms with Gasteiger partial charge in [0.1, 0.15) is 11.7 Å². The normalized spacial score (nSPS) is 51.2. The SMILES string of the molecule is CCOC1C(C)CC[C@@]2(OCC)C13OC(=O)C[C@]2(C)C1(O)C(=O)C(C)=C(C)C13O. The van der Waals surface area contributed by atoms with Gasteiger partial charge in [-0.3, -0.25) is 9.59 Å². The first-order valence-electron chi connectivity index (χ1n) is 10.6. The minimum absolute atomic E-state index is 0.0751. The molecule has 0 radical (unpaired) electrons. The van der Waals surface area contributed by atoms with Crippen LogP contribution in [0.3, 0.4) is 0 Å². The Hall–Kier alpha value is -1.28. The number of fused-ring (bicyclic) bond motifs is 2. The second-order valence-corrected chi connectivity index (χ2v) is 9.37. The van der Waals surface area contributed by atoms with Crippen molar-refractivity contribution in [3.63, 3.8) is 0 Å². The van der Waals surface area contributed by atoms with Crippen molar-refractivity contribution in [1.82, 2.24) is 0 Å². The minimum atomic E-state index is -2.24. The molecule has 1 aliphatic heterocycles. The van der Waals surface area contributed by atoms with E-state index in [0.717, 1.165) is 0 Å². The molecule has 0 amide bonds. The predicted octanol–water partition coefficient (Wildman–Crippen LogP) is 1.68. The molecule has 2 N–H and O–H groups in total. The van der Waals surface area contributed by atoms with E-state index in [-0.39, 0.29) is 18.9 Å². The first-order chi connectivity index (χ1) is 13.5. The van der Waals surface area contributed by atoms with E-state index in [2.05, 4.69) is 0 Å². The highest BCUT2D eigenvalue weighted by molar-refractivity contribution is 6.10. The van der Waals surface area contributed by atoms with Crippen molar-refractivity contribution >= 4 is 11.8 Å². The summed E-state index contributed by atoms with van der Waals surface area (Å²) in [5.74, 6) is -1.20. The van der Waals surface area contributed by atoms with E-state index >= 15 is 0 Å². The molecule has 1 heterocycles. The van der Waals surface area contributed by atoms with Gasteiger partial charge < -0.3 is 24.4 Å². The van der Waals surface area contributed by atoms with Crippen LogP contribution in [0.2, 0.25) is 0 Å². The van der Waals surface area contributed by atoms with Gasteiger partial charge in [-0.05, 0) is 57.6 Å². The Kier molecular flexibility index (Phi) is 4.27. The van der Waals surface area contributed by atoms with Crippen LogP contribution in [0.15, 0.2) is 11.1 Å². The van der Waals surface area contributed by atoms with E-state index < -0.39 is 45.7 Å². The highest BCUT2D eigenvalue weighted by Gasteiger charge is 2.97. The maximum absolute atomic E-state index is 13.5. The van der Waals surface area contributed by atoms with Crippen molar-refractivity contribution in [2.45, 2.75) is 89.3 Å². The van der Waals surface area contributed by atoms with Crippen molar-refractivity contribution in [3.05, 3.63) is 11.1 Å². The molecule has 162 valence electrons. The number of hydrogen-bond acceptors (Lipinski definition) is 7. The third-order valence-electron chi connectivity index (χ3n) is 8.50. The fourth-order valence-corrected chi connectivity index (χ4v) is 7.26. The zero-order chi connectivity index (χ0) is 21.6. The van der Waals surface area contributed by atoms with Crippen LogP contribution in [0, 0.1) is 11.3 Å². The largest absolute Gasteiger partial charge is 0.449 e. The first-order valence-corrected chi connectivity index (χ1v) is 10.6. The van der Waals surface area contributed by atoms with Crippen molar-refractivity contribution in [2.75, 3.05) is 13.2 Å². The molecular weight excluding hydrogens is 376 g/mol. The molecule has 1 saturated heterocycles. The second kappa shape index (κ2) is 5.90. The number of esters is 1. The summed E-state index contributed by atoms with van der Waals surface area (Å²) in [5, 5.41) is 24.5. The van der Waals surface area contributed by atoms with Gasteiger partial charge in [0.05, 0.1) is 11.8 Å². The van der Waals surface area contributed by atoms with Gasteiger partial charge in [-0.2, -0.15) is 0 Å². The molecule has 0 aromatic rings. The molecule has 7 nitrogen and oxygen atoms in total. The van der Waals surface area contributed by atoms with E-state index in [1.807, 2.05) is 20.8 Å². The number of carbonyl (C=O) groups is 2. The third kappa shape index (κ3) is 1.75. The van der Waals surface area contributed by atoms with Crippen molar-refractivity contribution < 1.29 is 34.0 Å². The smallest absolute Gasteiger partial charge is 0.307 e. The number of carbonyl (C=O) groups excluding carboxylic acids is 2. The van der Waals surface area contributed by atoms with Crippen LogP contribution < -0.4 is 0 Å². The molecule has 3 aliphatic carbocycles. The number of ether oxygens (including phenoxy) is 3. The van der Waals surface area contributed by atoms with E-state index in [4.69, 9.17) is 14.2 Å². The zero-order valence-corrected chi connectivity index (χ0v) is 18.1. The first kappa shape index (κ1) is 21.0. The Bertz CT molecular complexity index is 820. The quantitative estimate of drug-likeness (QED) is 0.683. The summed E-state index contributed by atoms with van der Waals surface area (Å²) in [6, 6.07) is 0. The van der Waals surface area contributed by atoms with Crippen molar-refractivity contribution in [1.29, 1.82) is 0 Å². The van der Waals surface area contributed by atoms with Crippen LogP contribution in [-0.2, 0) is 23.8 Å². The highest BCUT2D eigenvalue weighted by Crippen LogP contribution is 2.77. The Morgan fingerprint density at radius 1 is 1.14 bits per heavy atom. The lowest BCUT2D eigenvalue weighted by atomic mass is 9.55. The van der Waals surface area contributed by atoms with E-state index in [1.165, 1.54) is 0 Å². The third-order valence-corrected chi connectivity index (χ3v) is 8.50. The average molecular weight is 408 g/mol. The minimum Gasteiger partial charge on any atom is -0.449 e. The van der Waals surface area contributed by atoms with Gasteiger partial charge in [-0.1, -0.05) is 13.8 Å². The molecule has 29 heavy (non-hydrogen) atoms. The predicted molar refractivity (Wildman–Crippen MR) is 103 cm³/mol. The van der Waals surface area contributed by atoms with Gasteiger partial charge in [0.15, 0.2) is 17.0 Å². The second-order valence-electron chi connectivity index (χ2n) is 9.37. The molecule has 0 aromatic carbocycles. The highest BCUT2D eigenvalue weighted by atomic mass is 16.6. The van der Waals surface area contributed by atoms with Crippen LogP contribution in [0.1, 0.15) is 60.8 Å². The number of aliphatic hydroxyl groups is 2. The monoisotopic (exact) mass is 408 g/mol. The molecule has 4 aliphatic rings. The summed E-state index contributed by atoms with van der Waals surface area (Å²) in [6.07, 6.45) is 0.193. The number of ketones is 1. The van der Waals surface area contributed by atoms with Crippen LogP contribution in [0.25, 0.3) is 0 Å². The fourth-order valence-electron chi connectivity index (χ4n) is 7.26. The van der Waals surface area contributed by atoms with E-state index in [9.17, 15) is 19.8 Å². The van der Waals surface area contributed by atoms with Gasteiger partial charge >= 0.3 is 5.97 Å². The zero-order valence-electron chi connectivity index (χ0n) is 18.1. The molecule has 4 rings (SSSR count). The van der Waals surface area contributed by atoms with Gasteiger partial charge in [0.25, 0.3) is 0 Å². The summed E-state index contributed by atoms with van der Waals surface area (Å²) >= 11 is 0. The maximum atomic E-state index is 13.5. The average Bonchev–Trinajstić information content (AvgIpc) is 2.83. The van der Waals surface area contributed by atoms with Gasteiger partial charge in [0, 0.05) is 13.2 Å². The standard InChI is InChI=1S/C22H32O7/c1-7-27-17-12(3)9-10-19(28-8-2)18(6)11-15(23)29-22(17,19)20(25)14(5)13(4)16(24)21(18,20)26/h12,17,25-26H,7-11H2,1-6H3/t12?,17?,18-,19-,20?,21?,22?/m0/s1. The summed E-state index contributed by atoms with van der Waals surface area (Å²) in [7, 11) is 0. The number of Topliss-reactive ketones (excluding diaryl/α,β-unsaturated/α-hetero) is 1. The topological polar surface area (TPSA) is 102 Å². The fraction of sp³-hybridized carbons (Fsp3) is 0.818. The molecular formula is C22H32O7. The molecule has 0 spiro atoms. The van der Waals surface area contributed by atoms with Crippen molar-refractivity contribution in [3.8, 4) is 0 Å². The molecule has 3 fully saturated rings. The lowest BCUT2D eigenvalue weighted by molar-refractivity contribution is -0.325. The Morgan fingerprint density at radius 2 is 1.79 bits per heavy atom. The Balaban J connectivity index is 2.17. The van der Waals surface area contributed by atoms with Crippen LogP contribution >= 0.6 is 0 Å². The molecule has 7 atom stereocenters. The molecule has 7 heteroatoms. The molecule has 0 aromatic heterocycles. The van der Waals surface area contributed by atoms with E-state index in [0.29, 0.717) is 30.6 Å². The van der Waals surface area contributed by atoms with Gasteiger partial charge in [0.2, 0.25) is 5.60 Å². The Morgan fingerprint density at radius 3 is 2.38 bits per heavy atom. The van der Waals surface area contributed by atoms with Crippen LogP contribution in [0.5, 0.6) is 0 Å². The maximum Gasteiger partial charge on any atom is 0.307 e. The summed E-state index contributed by atoms with van der Waals surface area (Å²) in [5.41, 5.74) is -8.09. The summed E-state index contributed by atoms with van der Waals surface area (Å²) < 4.78 is 18.6. The summed E-state index contributed by atoms with van der Waals surface area (Å²) in [4.78, 5) is 26.4. The van der Waals surface area contributed by atoms with E-state index in [1.54, 1.807) is 20.8 Å². The van der Waals surface area contributed by atoms with Gasteiger partial charge in [-0.25, -0.2) is 0 Å². The van der Waals surface area contributed by atoms with Crippen LogP contribution in [-0.4, -0.2) is 63.7 Å². The van der Waals surface area contributed by atoms with Crippen molar-refractivity contribution in [2.24, 2.45) is 11.3 Å². The lowest BCUT2D eigenvalue weighted by Gasteiger charge is -2.62. The number of hydrogen-bond donors (Lipinski definition) is 2. The molecule has 2 bridgehead atoms. The number of rotatable bonds is 4. The summed E-state index contributed by atoms with van der Waals surface area (Å²) in [6.45, 7) is 11.2.